The van der Waals surface area contributed by atoms with E-state index in [1.54, 1.807) is 15.4 Å². The summed E-state index contributed by atoms with van der Waals surface area (Å²) in [6, 6.07) is 3.99. The lowest BCUT2D eigenvalue weighted by Gasteiger charge is -2.55. The summed E-state index contributed by atoms with van der Waals surface area (Å²) in [7, 11) is -3.41. The molecule has 0 saturated carbocycles. The van der Waals surface area contributed by atoms with E-state index in [0.717, 1.165) is 43.1 Å². The number of H-pyrrole nitrogens is 1. The molecule has 3 aliphatic rings. The van der Waals surface area contributed by atoms with Gasteiger partial charge in [-0.1, -0.05) is 0 Å². The van der Waals surface area contributed by atoms with Crippen molar-refractivity contribution >= 4 is 27.1 Å². The number of sulfonamides is 1. The Kier molecular flexibility index (Phi) is 5.71. The van der Waals surface area contributed by atoms with Crippen LogP contribution in [0.5, 0.6) is 0 Å². The highest BCUT2D eigenvalue weighted by molar-refractivity contribution is 7.89. The molecule has 2 amide bonds. The molecule has 8 nitrogen and oxygen atoms in total. The first-order valence-corrected chi connectivity index (χ1v) is 14.0. The maximum absolute atomic E-state index is 13.4. The van der Waals surface area contributed by atoms with Gasteiger partial charge in [-0.2, -0.15) is 0 Å². The topological polar surface area (TPSA) is 89.6 Å². The Labute approximate surface area is 202 Å². The van der Waals surface area contributed by atoms with Crippen LogP contribution in [0, 0.1) is 0 Å². The number of hydrogen-bond acceptors (Lipinski definition) is 4. The molecular weight excluding hydrogens is 450 g/mol. The minimum absolute atomic E-state index is 0.0206. The zero-order valence-electron chi connectivity index (χ0n) is 20.7. The summed E-state index contributed by atoms with van der Waals surface area (Å²) >= 11 is 0. The number of nitrogens with zero attached hydrogens (tertiary/aromatic N) is 4. The molecule has 3 saturated heterocycles. The molecule has 0 bridgehead atoms. The van der Waals surface area contributed by atoms with Crippen LogP contribution in [0.3, 0.4) is 0 Å². The molecule has 3 fully saturated rings. The predicted octanol–water partition coefficient (Wildman–Crippen LogP) is 3.92. The number of fused-ring (bicyclic) bond motifs is 1. The third-order valence-corrected chi connectivity index (χ3v) is 10.5. The van der Waals surface area contributed by atoms with Crippen LogP contribution in [0.15, 0.2) is 24.5 Å². The number of nitrogens with one attached hydrogen (secondary N) is 1. The van der Waals surface area contributed by atoms with Crippen molar-refractivity contribution in [3.8, 4) is 0 Å². The number of likely N-dealkylation sites (tertiary alicyclic amines) is 2. The van der Waals surface area contributed by atoms with Gasteiger partial charge in [0.1, 0.15) is 10.9 Å². The van der Waals surface area contributed by atoms with Gasteiger partial charge in [-0.3, -0.25) is 0 Å². The first kappa shape index (κ1) is 23.6. The molecule has 34 heavy (non-hydrogen) atoms. The molecule has 0 aromatic carbocycles. The number of carbonyl (C=O) groups is 1. The highest BCUT2D eigenvalue weighted by Gasteiger charge is 2.50. The lowest BCUT2D eigenvalue weighted by atomic mass is 9.80. The summed E-state index contributed by atoms with van der Waals surface area (Å²) in [5.41, 5.74) is 1.67. The zero-order valence-corrected chi connectivity index (χ0v) is 21.6. The number of rotatable bonds is 3. The molecule has 2 aromatic heterocycles. The van der Waals surface area contributed by atoms with E-state index in [1.807, 2.05) is 17.2 Å². The van der Waals surface area contributed by atoms with E-state index in [1.165, 1.54) is 5.56 Å². The van der Waals surface area contributed by atoms with Crippen molar-refractivity contribution in [2.24, 2.45) is 0 Å². The van der Waals surface area contributed by atoms with Crippen LogP contribution in [-0.4, -0.2) is 81.0 Å². The lowest BCUT2D eigenvalue weighted by molar-refractivity contribution is -0.00999. The second kappa shape index (κ2) is 8.22. The van der Waals surface area contributed by atoms with E-state index >= 15 is 0 Å². The monoisotopic (exact) mass is 487 g/mol. The van der Waals surface area contributed by atoms with E-state index in [9.17, 15) is 13.2 Å². The normalized spacial score (nSPS) is 24.4. The fraction of sp³-hybridized carbons (Fsp3) is 0.680. The average Bonchev–Trinajstić information content (AvgIpc) is 3.15. The summed E-state index contributed by atoms with van der Waals surface area (Å²) in [5.74, 6) is 0.326. The second-order valence-electron chi connectivity index (χ2n) is 11.5. The Hall–Kier alpha value is -2.13. The van der Waals surface area contributed by atoms with Crippen molar-refractivity contribution < 1.29 is 13.2 Å². The van der Waals surface area contributed by atoms with Crippen molar-refractivity contribution in [3.63, 3.8) is 0 Å². The number of urea groups is 1. The Morgan fingerprint density at radius 1 is 1.09 bits per heavy atom. The molecule has 0 unspecified atom stereocenters. The van der Waals surface area contributed by atoms with Gasteiger partial charge in [0, 0.05) is 55.0 Å². The van der Waals surface area contributed by atoms with Gasteiger partial charge in [0.15, 0.2) is 0 Å². The summed E-state index contributed by atoms with van der Waals surface area (Å²) in [6.07, 6.45) is 8.44. The number of amides is 2. The third kappa shape index (κ3) is 3.90. The SMILES string of the molecule is CC1(C)CCCC(C)(C)N1C(=O)N1CC(S(=O)(=O)N2CCC(c3c[nH]c4ncccc34)CC2)C1. The van der Waals surface area contributed by atoms with E-state index in [-0.39, 0.29) is 30.2 Å². The van der Waals surface area contributed by atoms with Crippen molar-refractivity contribution in [2.45, 2.75) is 82.0 Å². The molecule has 3 aliphatic heterocycles. The Bertz CT molecular complexity index is 1160. The maximum Gasteiger partial charge on any atom is 0.320 e. The summed E-state index contributed by atoms with van der Waals surface area (Å²) < 4.78 is 28.3. The van der Waals surface area contributed by atoms with Crippen LogP contribution in [0.1, 0.15) is 71.3 Å². The van der Waals surface area contributed by atoms with Crippen LogP contribution in [-0.2, 0) is 10.0 Å². The highest BCUT2D eigenvalue weighted by Crippen LogP contribution is 2.40. The quantitative estimate of drug-likeness (QED) is 0.711. The molecule has 5 rings (SSSR count). The molecular formula is C25H37N5O3S. The van der Waals surface area contributed by atoms with E-state index in [4.69, 9.17) is 0 Å². The fourth-order valence-electron chi connectivity index (χ4n) is 6.39. The van der Waals surface area contributed by atoms with E-state index < -0.39 is 15.3 Å². The second-order valence-corrected chi connectivity index (χ2v) is 13.7. The number of aromatic amines is 1. The largest absolute Gasteiger partial charge is 0.346 e. The van der Waals surface area contributed by atoms with Gasteiger partial charge < -0.3 is 14.8 Å². The number of aromatic nitrogens is 2. The van der Waals surface area contributed by atoms with Gasteiger partial charge >= 0.3 is 6.03 Å². The van der Waals surface area contributed by atoms with Gasteiger partial charge in [-0.25, -0.2) is 22.5 Å². The Balaban J connectivity index is 1.20. The molecule has 1 N–H and O–H groups in total. The van der Waals surface area contributed by atoms with Crippen LogP contribution in [0.25, 0.3) is 11.0 Å². The van der Waals surface area contributed by atoms with Crippen molar-refractivity contribution in [1.29, 1.82) is 0 Å². The third-order valence-electron chi connectivity index (χ3n) is 8.26. The zero-order chi connectivity index (χ0) is 24.3. The molecule has 186 valence electrons. The maximum atomic E-state index is 13.4. The molecule has 0 radical (unpaired) electrons. The van der Waals surface area contributed by atoms with Gasteiger partial charge in [0.25, 0.3) is 0 Å². The summed E-state index contributed by atoms with van der Waals surface area (Å²) in [4.78, 5) is 24.7. The molecule has 2 aromatic rings. The van der Waals surface area contributed by atoms with Crippen molar-refractivity contribution in [3.05, 3.63) is 30.1 Å². The summed E-state index contributed by atoms with van der Waals surface area (Å²) in [6.45, 7) is 10.1. The van der Waals surface area contributed by atoms with Crippen LogP contribution in [0.4, 0.5) is 4.79 Å². The van der Waals surface area contributed by atoms with Gasteiger partial charge in [-0.05, 0) is 83.4 Å². The number of pyridine rings is 1. The van der Waals surface area contributed by atoms with E-state index in [0.29, 0.717) is 19.0 Å². The van der Waals surface area contributed by atoms with Crippen molar-refractivity contribution in [1.82, 2.24) is 24.1 Å². The fourth-order valence-corrected chi connectivity index (χ4v) is 8.26. The number of hydrogen-bond donors (Lipinski definition) is 1. The van der Waals surface area contributed by atoms with Crippen LogP contribution < -0.4 is 0 Å². The Morgan fingerprint density at radius 2 is 1.74 bits per heavy atom. The smallest absolute Gasteiger partial charge is 0.320 e. The minimum atomic E-state index is -3.41. The molecule has 9 heteroatoms. The molecule has 5 heterocycles. The first-order chi connectivity index (χ1) is 16.0. The lowest BCUT2D eigenvalue weighted by Crippen LogP contribution is -2.69. The standard InChI is InChI=1S/C25H37N5O3S/c1-24(2)10-6-11-25(3,4)30(24)23(31)28-16-19(17-28)34(32,33)29-13-8-18(9-14-29)21-15-27-22-20(21)7-5-12-26-22/h5,7,12,15,18-19H,6,8-11,13-14,16-17H2,1-4H3,(H,26,27). The Morgan fingerprint density at radius 3 is 2.38 bits per heavy atom. The predicted molar refractivity (Wildman–Crippen MR) is 133 cm³/mol. The van der Waals surface area contributed by atoms with Gasteiger partial charge in [0.2, 0.25) is 10.0 Å². The number of piperidine rings is 2. The molecule has 0 spiro atoms. The van der Waals surface area contributed by atoms with E-state index in [2.05, 4.69) is 43.7 Å². The van der Waals surface area contributed by atoms with Gasteiger partial charge in [-0.15, -0.1) is 0 Å². The van der Waals surface area contributed by atoms with Crippen molar-refractivity contribution in [2.75, 3.05) is 26.2 Å². The number of carbonyl (C=O) groups excluding carboxylic acids is 1. The summed E-state index contributed by atoms with van der Waals surface area (Å²) in [5, 5.41) is 0.627. The highest BCUT2D eigenvalue weighted by atomic mass is 32.2. The van der Waals surface area contributed by atoms with Crippen LogP contribution >= 0.6 is 0 Å². The minimum Gasteiger partial charge on any atom is -0.346 e. The van der Waals surface area contributed by atoms with Gasteiger partial charge in [0.05, 0.1) is 0 Å². The first-order valence-electron chi connectivity index (χ1n) is 12.5. The average molecular weight is 488 g/mol. The van der Waals surface area contributed by atoms with Crippen LogP contribution in [0.2, 0.25) is 0 Å². The molecule has 0 aliphatic carbocycles. The molecule has 0 atom stereocenters.